The van der Waals surface area contributed by atoms with Crippen molar-refractivity contribution in [2.75, 3.05) is 32.4 Å². The summed E-state index contributed by atoms with van der Waals surface area (Å²) in [6.45, 7) is 0.960. The second-order valence-electron chi connectivity index (χ2n) is 4.16. The van der Waals surface area contributed by atoms with Crippen molar-refractivity contribution in [1.29, 1.82) is 0 Å². The number of benzene rings is 1. The number of hydrogen-bond acceptors (Lipinski definition) is 4. The summed E-state index contributed by atoms with van der Waals surface area (Å²) in [5.41, 5.74) is 1.29. The van der Waals surface area contributed by atoms with E-state index in [0.717, 1.165) is 11.5 Å². The third-order valence-electron chi connectivity index (χ3n) is 2.53. The molecule has 0 saturated carbocycles. The maximum Gasteiger partial charge on any atom is 0.233 e. The van der Waals surface area contributed by atoms with Crippen LogP contribution in [0.5, 0.6) is 0 Å². The van der Waals surface area contributed by atoms with Crippen molar-refractivity contribution in [3.05, 3.63) is 35.9 Å². The summed E-state index contributed by atoms with van der Waals surface area (Å²) in [5, 5.41) is 8.06. The van der Waals surface area contributed by atoms with E-state index < -0.39 is 0 Å². The third kappa shape index (κ3) is 7.81. The molecular weight excluding hydrogens is 274 g/mol. The summed E-state index contributed by atoms with van der Waals surface area (Å²) >= 11 is 1.78. The van der Waals surface area contributed by atoms with Gasteiger partial charge in [0.25, 0.3) is 0 Å². The predicted molar refractivity (Wildman–Crippen MR) is 82.6 cm³/mol. The minimum Gasteiger partial charge on any atom is -0.358 e. The Morgan fingerprint density at radius 1 is 1.10 bits per heavy atom. The van der Waals surface area contributed by atoms with Crippen molar-refractivity contribution in [3.8, 4) is 0 Å². The summed E-state index contributed by atoms with van der Waals surface area (Å²) in [5.74, 6) is 1.60. The van der Waals surface area contributed by atoms with Gasteiger partial charge in [-0.15, -0.1) is 0 Å². The van der Waals surface area contributed by atoms with Gasteiger partial charge >= 0.3 is 0 Å². The van der Waals surface area contributed by atoms with Crippen molar-refractivity contribution >= 4 is 23.6 Å². The molecule has 0 aromatic heterocycles. The van der Waals surface area contributed by atoms with Gasteiger partial charge in [-0.1, -0.05) is 30.3 Å². The average Bonchev–Trinajstić information content (AvgIpc) is 2.47. The zero-order valence-electron chi connectivity index (χ0n) is 11.6. The van der Waals surface area contributed by atoms with Gasteiger partial charge in [-0.2, -0.15) is 11.8 Å². The Kier molecular flexibility index (Phi) is 8.49. The van der Waals surface area contributed by atoms with Crippen molar-refractivity contribution in [2.45, 2.75) is 5.75 Å². The highest BCUT2D eigenvalue weighted by Crippen LogP contribution is 2.10. The van der Waals surface area contributed by atoms with Crippen LogP contribution in [0, 0.1) is 0 Å². The molecule has 6 heteroatoms. The van der Waals surface area contributed by atoms with Gasteiger partial charge in [0.1, 0.15) is 0 Å². The SMILES string of the molecule is CNC(=O)CNCC(=O)NCCSCc1ccccc1. The van der Waals surface area contributed by atoms with E-state index in [1.54, 1.807) is 18.8 Å². The number of amides is 2. The standard InChI is InChI=1S/C14H21N3O2S/c1-15-13(18)9-16-10-14(19)17-7-8-20-11-12-5-3-2-4-6-12/h2-6,16H,7-11H2,1H3,(H,15,18)(H,17,19). The average molecular weight is 295 g/mol. The summed E-state index contributed by atoms with van der Waals surface area (Å²) in [6, 6.07) is 10.2. The lowest BCUT2D eigenvalue weighted by molar-refractivity contribution is -0.121. The second kappa shape index (κ2) is 10.3. The predicted octanol–water partition coefficient (Wildman–Crippen LogP) is 0.372. The van der Waals surface area contributed by atoms with E-state index in [2.05, 4.69) is 28.1 Å². The molecule has 0 heterocycles. The first-order valence-electron chi connectivity index (χ1n) is 6.52. The molecule has 0 bridgehead atoms. The second-order valence-corrected chi connectivity index (χ2v) is 5.27. The van der Waals surface area contributed by atoms with E-state index >= 15 is 0 Å². The Labute approximate surface area is 123 Å². The molecule has 0 aliphatic heterocycles. The van der Waals surface area contributed by atoms with Gasteiger partial charge in [0, 0.05) is 25.1 Å². The van der Waals surface area contributed by atoms with E-state index in [9.17, 15) is 9.59 Å². The van der Waals surface area contributed by atoms with Crippen molar-refractivity contribution in [3.63, 3.8) is 0 Å². The molecule has 110 valence electrons. The van der Waals surface area contributed by atoms with Crippen LogP contribution in [0.1, 0.15) is 5.56 Å². The molecule has 0 aliphatic carbocycles. The van der Waals surface area contributed by atoms with E-state index in [-0.39, 0.29) is 24.9 Å². The zero-order chi connectivity index (χ0) is 14.6. The highest BCUT2D eigenvalue weighted by atomic mass is 32.2. The molecule has 1 aromatic rings. The van der Waals surface area contributed by atoms with Crippen LogP contribution in [-0.2, 0) is 15.3 Å². The van der Waals surface area contributed by atoms with Crippen LogP contribution in [0.4, 0.5) is 0 Å². The molecule has 5 nitrogen and oxygen atoms in total. The Balaban J connectivity index is 1.98. The quantitative estimate of drug-likeness (QED) is 0.576. The molecular formula is C14H21N3O2S. The van der Waals surface area contributed by atoms with Crippen LogP contribution in [0.15, 0.2) is 30.3 Å². The van der Waals surface area contributed by atoms with Crippen LogP contribution in [0.2, 0.25) is 0 Å². The highest BCUT2D eigenvalue weighted by Gasteiger charge is 2.02. The maximum absolute atomic E-state index is 11.4. The monoisotopic (exact) mass is 295 g/mol. The zero-order valence-corrected chi connectivity index (χ0v) is 12.5. The van der Waals surface area contributed by atoms with Gasteiger partial charge in [0.15, 0.2) is 0 Å². The Hall–Kier alpha value is -1.53. The summed E-state index contributed by atoms with van der Waals surface area (Å²) in [6.07, 6.45) is 0. The molecule has 2 amide bonds. The number of rotatable bonds is 9. The fourth-order valence-electron chi connectivity index (χ4n) is 1.47. The summed E-state index contributed by atoms with van der Waals surface area (Å²) in [7, 11) is 1.56. The lowest BCUT2D eigenvalue weighted by Gasteiger charge is -2.06. The van der Waals surface area contributed by atoms with Gasteiger partial charge < -0.3 is 10.6 Å². The van der Waals surface area contributed by atoms with Crippen LogP contribution in [0.3, 0.4) is 0 Å². The number of likely N-dealkylation sites (N-methyl/N-ethyl adjacent to an activating group) is 1. The van der Waals surface area contributed by atoms with E-state index in [1.807, 2.05) is 18.2 Å². The molecule has 3 N–H and O–H groups in total. The maximum atomic E-state index is 11.4. The normalized spacial score (nSPS) is 10.1. The number of hydrogen-bond donors (Lipinski definition) is 3. The van der Waals surface area contributed by atoms with E-state index in [4.69, 9.17) is 0 Å². The van der Waals surface area contributed by atoms with Crippen LogP contribution in [-0.4, -0.2) is 44.2 Å². The Morgan fingerprint density at radius 3 is 2.50 bits per heavy atom. The lowest BCUT2D eigenvalue weighted by Crippen LogP contribution is -2.39. The third-order valence-corrected chi connectivity index (χ3v) is 3.56. The molecule has 0 unspecified atom stereocenters. The van der Waals surface area contributed by atoms with Crippen molar-refractivity contribution in [1.82, 2.24) is 16.0 Å². The molecule has 20 heavy (non-hydrogen) atoms. The van der Waals surface area contributed by atoms with Gasteiger partial charge in [0.2, 0.25) is 11.8 Å². The molecule has 0 atom stereocenters. The van der Waals surface area contributed by atoms with Crippen LogP contribution in [0.25, 0.3) is 0 Å². The molecule has 0 fully saturated rings. The van der Waals surface area contributed by atoms with Gasteiger partial charge in [-0.3, -0.25) is 14.9 Å². The Bertz CT molecular complexity index is 412. The number of carbonyl (C=O) groups is 2. The topological polar surface area (TPSA) is 70.2 Å². The molecule has 1 aromatic carbocycles. The number of thioether (sulfide) groups is 1. The molecule has 0 radical (unpaired) electrons. The molecule has 0 saturated heterocycles. The fraction of sp³-hybridized carbons (Fsp3) is 0.429. The van der Waals surface area contributed by atoms with Crippen molar-refractivity contribution < 1.29 is 9.59 Å². The fourth-order valence-corrected chi connectivity index (χ4v) is 2.29. The number of nitrogens with one attached hydrogen (secondary N) is 3. The summed E-state index contributed by atoms with van der Waals surface area (Å²) < 4.78 is 0. The van der Waals surface area contributed by atoms with Crippen LogP contribution >= 0.6 is 11.8 Å². The molecule has 0 aliphatic rings. The van der Waals surface area contributed by atoms with Crippen LogP contribution < -0.4 is 16.0 Å². The van der Waals surface area contributed by atoms with E-state index in [1.165, 1.54) is 5.56 Å². The lowest BCUT2D eigenvalue weighted by atomic mass is 10.2. The minimum absolute atomic E-state index is 0.0887. The Morgan fingerprint density at radius 2 is 1.80 bits per heavy atom. The molecule has 1 rings (SSSR count). The van der Waals surface area contributed by atoms with Gasteiger partial charge in [0.05, 0.1) is 13.1 Å². The highest BCUT2D eigenvalue weighted by molar-refractivity contribution is 7.98. The summed E-state index contributed by atoms with van der Waals surface area (Å²) in [4.78, 5) is 22.4. The number of carbonyl (C=O) groups excluding carboxylic acids is 2. The largest absolute Gasteiger partial charge is 0.358 e. The molecule has 0 spiro atoms. The smallest absolute Gasteiger partial charge is 0.233 e. The minimum atomic E-state index is -0.129. The van der Waals surface area contributed by atoms with Gasteiger partial charge in [-0.25, -0.2) is 0 Å². The van der Waals surface area contributed by atoms with Crippen molar-refractivity contribution in [2.24, 2.45) is 0 Å². The van der Waals surface area contributed by atoms with E-state index in [0.29, 0.717) is 6.54 Å². The van der Waals surface area contributed by atoms with Gasteiger partial charge in [-0.05, 0) is 5.56 Å². The first-order valence-corrected chi connectivity index (χ1v) is 7.67. The first kappa shape index (κ1) is 16.5. The first-order chi connectivity index (χ1) is 9.72.